The van der Waals surface area contributed by atoms with E-state index in [0.29, 0.717) is 5.46 Å². The number of carbonyl (C=O) groups excluding carboxylic acids is 1. The number of benzene rings is 1. The highest BCUT2D eigenvalue weighted by Gasteiger charge is 2.24. The number of hydrogen-bond donors (Lipinski definition) is 0. The van der Waals surface area contributed by atoms with Crippen molar-refractivity contribution in [2.45, 2.75) is 19.8 Å². The van der Waals surface area contributed by atoms with E-state index in [-0.39, 0.29) is 17.8 Å². The van der Waals surface area contributed by atoms with Crippen LogP contribution in [0.5, 0.6) is 0 Å². The van der Waals surface area contributed by atoms with Gasteiger partial charge in [0.05, 0.1) is 13.0 Å². The minimum absolute atomic E-state index is 0.199. The van der Waals surface area contributed by atoms with Gasteiger partial charge in [0, 0.05) is 0 Å². The van der Waals surface area contributed by atoms with Crippen molar-refractivity contribution in [3.05, 3.63) is 29.8 Å². The lowest BCUT2D eigenvalue weighted by Crippen LogP contribution is -2.20. The topological polar surface area (TPSA) is 26.3 Å². The molecule has 2 nitrogen and oxygen atoms in total. The third-order valence-electron chi connectivity index (χ3n) is 2.42. The van der Waals surface area contributed by atoms with Crippen molar-refractivity contribution in [2.24, 2.45) is 5.92 Å². The second kappa shape index (κ2) is 5.01. The fourth-order valence-corrected chi connectivity index (χ4v) is 1.62. The third-order valence-corrected chi connectivity index (χ3v) is 2.42. The summed E-state index contributed by atoms with van der Waals surface area (Å²) in [5.41, 5.74) is 1.65. The lowest BCUT2D eigenvalue weighted by molar-refractivity contribution is -0.143. The molecule has 1 rings (SSSR count). The van der Waals surface area contributed by atoms with Gasteiger partial charge in [-0.2, -0.15) is 0 Å². The summed E-state index contributed by atoms with van der Waals surface area (Å²) in [7, 11) is 7.01. The summed E-state index contributed by atoms with van der Waals surface area (Å²) in [5.74, 6) is -0.202. The molecule has 0 N–H and O–H groups in total. The van der Waals surface area contributed by atoms with Crippen LogP contribution in [0.4, 0.5) is 0 Å². The molecule has 0 aliphatic rings. The Bertz CT molecular complexity index is 330. The van der Waals surface area contributed by atoms with Gasteiger partial charge in [-0.15, -0.1) is 0 Å². The molecule has 1 aromatic carbocycles. The summed E-state index contributed by atoms with van der Waals surface area (Å²) in [6, 6.07) is 7.34. The highest BCUT2D eigenvalue weighted by Crippen LogP contribution is 2.24. The lowest BCUT2D eigenvalue weighted by atomic mass is 9.86. The Balaban J connectivity index is 2.99. The zero-order valence-electron chi connectivity index (χ0n) is 9.36. The number of methoxy groups -OCH3 is 1. The van der Waals surface area contributed by atoms with E-state index in [1.807, 2.05) is 26.0 Å². The molecule has 0 fully saturated rings. The highest BCUT2D eigenvalue weighted by atomic mass is 16.5. The Morgan fingerprint density at radius 1 is 1.27 bits per heavy atom. The van der Waals surface area contributed by atoms with Gasteiger partial charge in [0.1, 0.15) is 7.85 Å². The summed E-state index contributed by atoms with van der Waals surface area (Å²) in [6.45, 7) is 4.00. The van der Waals surface area contributed by atoms with Crippen LogP contribution < -0.4 is 5.46 Å². The number of rotatable bonds is 3. The van der Waals surface area contributed by atoms with Gasteiger partial charge in [0.2, 0.25) is 0 Å². The van der Waals surface area contributed by atoms with Crippen molar-refractivity contribution < 1.29 is 9.53 Å². The Kier molecular flexibility index (Phi) is 3.95. The Morgan fingerprint density at radius 2 is 1.80 bits per heavy atom. The molecule has 0 heterocycles. The van der Waals surface area contributed by atoms with E-state index >= 15 is 0 Å². The maximum Gasteiger partial charge on any atom is 0.313 e. The quantitative estimate of drug-likeness (QED) is 0.546. The Hall–Kier alpha value is -1.25. The summed E-state index contributed by atoms with van der Waals surface area (Å²) in [4.78, 5) is 11.6. The zero-order valence-corrected chi connectivity index (χ0v) is 9.36. The summed E-state index contributed by atoms with van der Waals surface area (Å²) < 4.78 is 4.79. The molecule has 0 saturated carbocycles. The van der Waals surface area contributed by atoms with Gasteiger partial charge >= 0.3 is 5.97 Å². The van der Waals surface area contributed by atoms with Crippen LogP contribution in [0, 0.1) is 5.92 Å². The standard InChI is InChI=1S/C12H15BO2/c1-8(2)11(12(14)15-3)9-4-6-10(13)7-5-9/h4-8,11H,1-3H3. The minimum Gasteiger partial charge on any atom is -0.469 e. The predicted octanol–water partition coefficient (Wildman–Crippen LogP) is 1.39. The summed E-state index contributed by atoms with van der Waals surface area (Å²) >= 11 is 0. The molecule has 15 heavy (non-hydrogen) atoms. The normalized spacial score (nSPS) is 12.5. The maximum absolute atomic E-state index is 11.6. The molecule has 78 valence electrons. The van der Waals surface area contributed by atoms with Crippen molar-refractivity contribution in [1.82, 2.24) is 0 Å². The van der Waals surface area contributed by atoms with E-state index in [1.165, 1.54) is 7.11 Å². The fraction of sp³-hybridized carbons (Fsp3) is 0.417. The summed E-state index contributed by atoms with van der Waals surface area (Å²) in [5, 5.41) is 0. The largest absolute Gasteiger partial charge is 0.469 e. The van der Waals surface area contributed by atoms with Crippen LogP contribution in [0.25, 0.3) is 0 Å². The highest BCUT2D eigenvalue weighted by molar-refractivity contribution is 6.32. The monoisotopic (exact) mass is 202 g/mol. The fourth-order valence-electron chi connectivity index (χ4n) is 1.62. The Labute approximate surface area is 92.0 Å². The molecule has 0 amide bonds. The average Bonchev–Trinajstić information content (AvgIpc) is 2.20. The lowest BCUT2D eigenvalue weighted by Gasteiger charge is -2.18. The molecule has 0 aromatic heterocycles. The first-order valence-corrected chi connectivity index (χ1v) is 4.99. The number of carbonyl (C=O) groups is 1. The van der Waals surface area contributed by atoms with E-state index < -0.39 is 0 Å². The molecule has 1 unspecified atom stereocenters. The minimum atomic E-state index is -0.212. The maximum atomic E-state index is 11.6. The number of ether oxygens (including phenoxy) is 1. The second-order valence-corrected chi connectivity index (χ2v) is 3.91. The molecule has 2 radical (unpaired) electrons. The smallest absolute Gasteiger partial charge is 0.313 e. The van der Waals surface area contributed by atoms with Crippen LogP contribution >= 0.6 is 0 Å². The van der Waals surface area contributed by atoms with Crippen molar-refractivity contribution in [1.29, 1.82) is 0 Å². The van der Waals surface area contributed by atoms with Crippen LogP contribution in [-0.4, -0.2) is 20.9 Å². The first kappa shape index (κ1) is 11.8. The van der Waals surface area contributed by atoms with Crippen LogP contribution in [-0.2, 0) is 9.53 Å². The summed E-state index contributed by atoms with van der Waals surface area (Å²) in [6.07, 6.45) is 0. The molecular formula is C12H15BO2. The van der Waals surface area contributed by atoms with Crippen molar-refractivity contribution in [3.63, 3.8) is 0 Å². The second-order valence-electron chi connectivity index (χ2n) is 3.91. The van der Waals surface area contributed by atoms with Crippen molar-refractivity contribution in [2.75, 3.05) is 7.11 Å². The number of esters is 1. The first-order valence-electron chi connectivity index (χ1n) is 4.99. The molecular weight excluding hydrogens is 187 g/mol. The van der Waals surface area contributed by atoms with Crippen LogP contribution in [0.1, 0.15) is 25.3 Å². The van der Waals surface area contributed by atoms with Gasteiger partial charge in [-0.05, 0) is 11.5 Å². The zero-order chi connectivity index (χ0) is 11.4. The van der Waals surface area contributed by atoms with Crippen LogP contribution in [0.3, 0.4) is 0 Å². The van der Waals surface area contributed by atoms with Gasteiger partial charge in [-0.1, -0.05) is 43.6 Å². The molecule has 0 saturated heterocycles. The van der Waals surface area contributed by atoms with Gasteiger partial charge in [-0.25, -0.2) is 0 Å². The van der Waals surface area contributed by atoms with E-state index in [2.05, 4.69) is 0 Å². The third kappa shape index (κ3) is 2.85. The van der Waals surface area contributed by atoms with E-state index in [4.69, 9.17) is 12.6 Å². The number of hydrogen-bond acceptors (Lipinski definition) is 2. The molecule has 3 heteroatoms. The van der Waals surface area contributed by atoms with Crippen LogP contribution in [0.15, 0.2) is 24.3 Å². The van der Waals surface area contributed by atoms with Gasteiger partial charge in [0.15, 0.2) is 0 Å². The van der Waals surface area contributed by atoms with E-state index in [0.717, 1.165) is 5.56 Å². The average molecular weight is 202 g/mol. The van der Waals surface area contributed by atoms with Crippen molar-refractivity contribution >= 4 is 19.3 Å². The molecule has 1 atom stereocenters. The molecule has 0 bridgehead atoms. The van der Waals surface area contributed by atoms with Crippen molar-refractivity contribution in [3.8, 4) is 0 Å². The first-order chi connectivity index (χ1) is 7.06. The van der Waals surface area contributed by atoms with Crippen LogP contribution in [0.2, 0.25) is 0 Å². The van der Waals surface area contributed by atoms with Gasteiger partial charge in [-0.3, -0.25) is 4.79 Å². The molecule has 0 aliphatic carbocycles. The van der Waals surface area contributed by atoms with Gasteiger partial charge < -0.3 is 4.74 Å². The predicted molar refractivity (Wildman–Crippen MR) is 61.4 cm³/mol. The molecule has 0 aliphatic heterocycles. The molecule has 0 spiro atoms. The SMILES string of the molecule is [B]c1ccc(C(C(=O)OC)C(C)C)cc1. The van der Waals surface area contributed by atoms with Gasteiger partial charge in [0.25, 0.3) is 0 Å². The van der Waals surface area contributed by atoms with E-state index in [1.54, 1.807) is 12.1 Å². The van der Waals surface area contributed by atoms with E-state index in [9.17, 15) is 4.79 Å². The Morgan fingerprint density at radius 3 is 2.20 bits per heavy atom. The molecule has 1 aromatic rings.